The second-order valence-electron chi connectivity index (χ2n) is 8.84. The van der Waals surface area contributed by atoms with Crippen LogP contribution in [0.25, 0.3) is 0 Å². The van der Waals surface area contributed by atoms with Gasteiger partial charge in [0.05, 0.1) is 43.4 Å². The fourth-order valence-corrected chi connectivity index (χ4v) is 5.87. The molecule has 192 valence electrons. The molecule has 2 heterocycles. The number of aromatic hydroxyl groups is 2. The van der Waals surface area contributed by atoms with Crippen LogP contribution in [0.1, 0.15) is 41.4 Å². The maximum absolute atomic E-state index is 13.2. The first-order valence-electron chi connectivity index (χ1n) is 11.5. The van der Waals surface area contributed by atoms with Gasteiger partial charge in [0.15, 0.2) is 0 Å². The predicted octanol–water partition coefficient (Wildman–Crippen LogP) is 3.53. The van der Waals surface area contributed by atoms with Crippen LogP contribution >= 0.6 is 0 Å². The Hall–Kier alpha value is -5.29. The highest BCUT2D eigenvalue weighted by atomic mass is 32.2. The van der Waals surface area contributed by atoms with Crippen molar-refractivity contribution in [2.75, 3.05) is 9.80 Å². The molecule has 0 spiro atoms. The van der Waals surface area contributed by atoms with Gasteiger partial charge in [-0.05, 0) is 84.9 Å². The van der Waals surface area contributed by atoms with Crippen molar-refractivity contribution in [3.05, 3.63) is 107 Å². The monoisotopic (exact) mass is 540 g/mol. The van der Waals surface area contributed by atoms with Crippen LogP contribution in [0.3, 0.4) is 0 Å². The third-order valence-electron chi connectivity index (χ3n) is 6.55. The van der Waals surface area contributed by atoms with E-state index in [4.69, 9.17) is 0 Å². The molecular weight excluding hydrogens is 524 g/mol. The van der Waals surface area contributed by atoms with Crippen molar-refractivity contribution in [2.24, 2.45) is 0 Å². The molecule has 2 aliphatic heterocycles. The van der Waals surface area contributed by atoms with Gasteiger partial charge in [0, 0.05) is 0 Å². The number of anilines is 2. The number of phenols is 2. The van der Waals surface area contributed by atoms with Crippen molar-refractivity contribution in [3.63, 3.8) is 0 Å². The number of hydrogen-bond donors (Lipinski definition) is 2. The molecule has 10 nitrogen and oxygen atoms in total. The lowest BCUT2D eigenvalue weighted by Crippen LogP contribution is -2.29. The number of nitrogens with zero attached hydrogens (tertiary/aromatic N) is 2. The van der Waals surface area contributed by atoms with Crippen LogP contribution in [-0.2, 0) is 9.84 Å². The molecule has 2 aliphatic rings. The van der Waals surface area contributed by atoms with E-state index >= 15 is 0 Å². The van der Waals surface area contributed by atoms with Crippen molar-refractivity contribution in [1.82, 2.24) is 0 Å². The average molecular weight is 541 g/mol. The highest BCUT2D eigenvalue weighted by Gasteiger charge is 2.38. The van der Waals surface area contributed by atoms with E-state index in [9.17, 15) is 37.8 Å². The van der Waals surface area contributed by atoms with Crippen LogP contribution in [-0.4, -0.2) is 42.3 Å². The molecule has 0 aromatic heterocycles. The lowest BCUT2D eigenvalue weighted by atomic mass is 10.1. The molecule has 0 saturated heterocycles. The summed E-state index contributed by atoms with van der Waals surface area (Å²) in [6.45, 7) is 0. The number of amides is 4. The Morgan fingerprint density at radius 2 is 0.795 bits per heavy atom. The largest absolute Gasteiger partial charge is 0.508 e. The fraction of sp³-hybridized carbons (Fsp3) is 0. The van der Waals surface area contributed by atoms with Gasteiger partial charge < -0.3 is 10.2 Å². The van der Waals surface area contributed by atoms with E-state index in [2.05, 4.69) is 0 Å². The number of sulfone groups is 1. The van der Waals surface area contributed by atoms with Gasteiger partial charge in [0.2, 0.25) is 9.84 Å². The summed E-state index contributed by atoms with van der Waals surface area (Å²) in [5.41, 5.74) is 0.672. The summed E-state index contributed by atoms with van der Waals surface area (Å²) in [5, 5.41) is 19.3. The third-order valence-corrected chi connectivity index (χ3v) is 8.34. The first-order valence-corrected chi connectivity index (χ1v) is 12.9. The van der Waals surface area contributed by atoms with Gasteiger partial charge in [0.25, 0.3) is 23.6 Å². The zero-order valence-corrected chi connectivity index (χ0v) is 20.5. The van der Waals surface area contributed by atoms with E-state index < -0.39 is 33.5 Å². The minimum atomic E-state index is -4.03. The number of hydrogen-bond acceptors (Lipinski definition) is 8. The van der Waals surface area contributed by atoms with Crippen molar-refractivity contribution < 1.29 is 37.8 Å². The number of fused-ring (bicyclic) bond motifs is 2. The molecule has 11 heteroatoms. The van der Waals surface area contributed by atoms with Crippen molar-refractivity contribution in [1.29, 1.82) is 0 Å². The molecule has 0 radical (unpaired) electrons. The van der Waals surface area contributed by atoms with Crippen LogP contribution in [0.15, 0.2) is 94.7 Å². The SMILES string of the molecule is O=C1c2ccc(O)cc2C(=O)N1c1ccc(S(=O)(=O)c2ccc(N3C(=O)c4ccc(O)cc4C3=O)cc2)cc1. The third kappa shape index (κ3) is 3.59. The highest BCUT2D eigenvalue weighted by molar-refractivity contribution is 7.91. The Balaban J connectivity index is 1.26. The molecule has 4 aromatic rings. The molecule has 0 bridgehead atoms. The minimum absolute atomic E-state index is 0.0478. The van der Waals surface area contributed by atoms with E-state index in [0.29, 0.717) is 0 Å². The van der Waals surface area contributed by atoms with Crippen LogP contribution in [0.4, 0.5) is 11.4 Å². The normalized spacial score (nSPS) is 14.7. The van der Waals surface area contributed by atoms with Gasteiger partial charge in [-0.3, -0.25) is 19.2 Å². The fourth-order valence-electron chi connectivity index (χ4n) is 4.61. The number of carbonyl (C=O) groups is 4. The second kappa shape index (κ2) is 8.36. The second-order valence-corrected chi connectivity index (χ2v) is 10.8. The lowest BCUT2D eigenvalue weighted by Gasteiger charge is -2.15. The molecule has 0 aliphatic carbocycles. The van der Waals surface area contributed by atoms with Gasteiger partial charge in [0.1, 0.15) is 11.5 Å². The molecule has 0 saturated carbocycles. The molecule has 0 atom stereocenters. The highest BCUT2D eigenvalue weighted by Crippen LogP contribution is 2.34. The standard InChI is InChI=1S/C28H16N2O8S/c31-17-5-11-21-23(13-17)27(35)29(25(21)33)15-1-7-19(8-2-15)39(37,38)20-9-3-16(4-10-20)30-26(34)22-12-6-18(32)14-24(22)28(30)36/h1-14,31-32H. The Morgan fingerprint density at radius 1 is 0.462 bits per heavy atom. The molecular formula is C28H16N2O8S. The van der Waals surface area contributed by atoms with Gasteiger partial charge in [-0.15, -0.1) is 0 Å². The maximum atomic E-state index is 13.2. The first kappa shape index (κ1) is 24.1. The number of carbonyl (C=O) groups excluding carboxylic acids is 4. The van der Waals surface area contributed by atoms with Gasteiger partial charge in [-0.2, -0.15) is 0 Å². The van der Waals surface area contributed by atoms with Gasteiger partial charge in [-0.25, -0.2) is 18.2 Å². The zero-order valence-electron chi connectivity index (χ0n) is 19.7. The molecule has 4 aromatic carbocycles. The van der Waals surface area contributed by atoms with Crippen LogP contribution in [0.5, 0.6) is 11.5 Å². The maximum Gasteiger partial charge on any atom is 0.266 e. The van der Waals surface area contributed by atoms with Crippen LogP contribution < -0.4 is 9.80 Å². The van der Waals surface area contributed by atoms with E-state index in [0.717, 1.165) is 9.80 Å². The van der Waals surface area contributed by atoms with Crippen LogP contribution in [0, 0.1) is 0 Å². The van der Waals surface area contributed by atoms with Gasteiger partial charge in [-0.1, -0.05) is 0 Å². The quantitative estimate of drug-likeness (QED) is 0.374. The molecule has 2 N–H and O–H groups in total. The van der Waals surface area contributed by atoms with Crippen LogP contribution in [0.2, 0.25) is 0 Å². The van der Waals surface area contributed by atoms with E-state index in [1.807, 2.05) is 0 Å². The summed E-state index contributed by atoms with van der Waals surface area (Å²) in [6.07, 6.45) is 0. The summed E-state index contributed by atoms with van der Waals surface area (Å²) in [7, 11) is -4.03. The predicted molar refractivity (Wildman–Crippen MR) is 137 cm³/mol. The molecule has 6 rings (SSSR count). The Kier molecular flexibility index (Phi) is 5.16. The van der Waals surface area contributed by atoms with E-state index in [1.165, 1.54) is 84.9 Å². The minimum Gasteiger partial charge on any atom is -0.508 e. The summed E-state index contributed by atoms with van der Waals surface area (Å²) < 4.78 is 26.5. The van der Waals surface area contributed by atoms with Gasteiger partial charge >= 0.3 is 0 Å². The number of phenolic OH excluding ortho intramolecular Hbond substituents is 2. The number of imide groups is 2. The van der Waals surface area contributed by atoms with E-state index in [1.54, 1.807) is 0 Å². The topological polar surface area (TPSA) is 149 Å². The molecule has 0 unspecified atom stereocenters. The smallest absolute Gasteiger partial charge is 0.266 e. The van der Waals surface area contributed by atoms with E-state index in [-0.39, 0.29) is 54.9 Å². The summed E-state index contributed by atoms with van der Waals surface area (Å²) in [5.74, 6) is -2.78. The summed E-state index contributed by atoms with van der Waals surface area (Å²) in [6, 6.07) is 18.1. The van der Waals surface area contributed by atoms with Crippen molar-refractivity contribution in [3.8, 4) is 11.5 Å². The molecule has 39 heavy (non-hydrogen) atoms. The van der Waals surface area contributed by atoms with Crippen molar-refractivity contribution >= 4 is 44.8 Å². The number of benzene rings is 4. The zero-order chi connectivity index (χ0) is 27.6. The molecule has 0 fully saturated rings. The Bertz CT molecular complexity index is 1730. The van der Waals surface area contributed by atoms with Crippen molar-refractivity contribution in [2.45, 2.75) is 9.79 Å². The Morgan fingerprint density at radius 3 is 1.15 bits per heavy atom. The summed E-state index contributed by atoms with van der Waals surface area (Å²) in [4.78, 5) is 52.6. The number of rotatable bonds is 4. The molecule has 4 amide bonds. The lowest BCUT2D eigenvalue weighted by molar-refractivity contribution is 0.0910. The summed E-state index contributed by atoms with van der Waals surface area (Å²) >= 11 is 0. The Labute approximate surface area is 220 Å². The average Bonchev–Trinajstić information content (AvgIpc) is 3.32. The first-order chi connectivity index (χ1) is 18.6.